The average Bonchev–Trinajstić information content (AvgIpc) is 2.90. The third kappa shape index (κ3) is 4.84. The number of pyridine rings is 1. The van der Waals surface area contributed by atoms with Crippen LogP contribution in [0, 0.1) is 6.92 Å². The predicted molar refractivity (Wildman–Crippen MR) is 147 cm³/mol. The lowest BCUT2D eigenvalue weighted by molar-refractivity contribution is -0.116. The van der Waals surface area contributed by atoms with E-state index in [9.17, 15) is 14.4 Å². The number of aryl methyl sites for hydroxylation is 1. The second-order valence-corrected chi connectivity index (χ2v) is 9.22. The Morgan fingerprint density at radius 1 is 0.946 bits per heavy atom. The molecule has 0 spiro atoms. The van der Waals surface area contributed by atoms with Crippen molar-refractivity contribution >= 4 is 50.7 Å². The molecule has 7 heteroatoms. The Kier molecular flexibility index (Phi) is 6.51. The van der Waals surface area contributed by atoms with Crippen molar-refractivity contribution in [1.29, 1.82) is 0 Å². The quantitative estimate of drug-likeness (QED) is 0.284. The predicted octanol–water partition coefficient (Wildman–Crippen LogP) is 5.99. The zero-order valence-corrected chi connectivity index (χ0v) is 21.0. The van der Waals surface area contributed by atoms with Crippen molar-refractivity contribution in [2.24, 2.45) is 0 Å². The lowest BCUT2D eigenvalue weighted by Gasteiger charge is -2.16. The smallest absolute Gasteiger partial charge is 0.244 e. The van der Waals surface area contributed by atoms with Gasteiger partial charge in [-0.1, -0.05) is 48.0 Å². The van der Waals surface area contributed by atoms with Crippen LogP contribution in [0.2, 0.25) is 5.02 Å². The second-order valence-electron chi connectivity index (χ2n) is 8.78. The van der Waals surface area contributed by atoms with Crippen molar-refractivity contribution in [2.75, 3.05) is 12.4 Å². The van der Waals surface area contributed by atoms with Gasteiger partial charge in [-0.25, -0.2) is 0 Å². The fourth-order valence-electron chi connectivity index (χ4n) is 4.41. The number of nitrogens with zero attached hydrogens (tertiary/aromatic N) is 1. The average molecular weight is 511 g/mol. The first-order valence-electron chi connectivity index (χ1n) is 11.6. The molecule has 0 radical (unpaired) electrons. The fraction of sp³-hybridized carbons (Fsp3) is 0.100. The zero-order valence-electron chi connectivity index (χ0n) is 20.2. The molecule has 0 unspecified atom stereocenters. The summed E-state index contributed by atoms with van der Waals surface area (Å²) in [6.45, 7) is 1.71. The van der Waals surface area contributed by atoms with Gasteiger partial charge >= 0.3 is 0 Å². The van der Waals surface area contributed by atoms with Crippen LogP contribution in [-0.2, 0) is 11.3 Å². The van der Waals surface area contributed by atoms with Gasteiger partial charge in [-0.2, -0.15) is 0 Å². The summed E-state index contributed by atoms with van der Waals surface area (Å²) in [6.07, 6.45) is 1.46. The highest BCUT2D eigenvalue weighted by atomic mass is 35.5. The van der Waals surface area contributed by atoms with Gasteiger partial charge in [0.1, 0.15) is 12.3 Å². The van der Waals surface area contributed by atoms with Crippen molar-refractivity contribution < 1.29 is 14.3 Å². The van der Waals surface area contributed by atoms with Crippen LogP contribution in [0.25, 0.3) is 21.7 Å². The first-order valence-corrected chi connectivity index (χ1v) is 12.0. The van der Waals surface area contributed by atoms with Crippen molar-refractivity contribution in [2.45, 2.75) is 13.5 Å². The Labute approximate surface area is 218 Å². The number of halogens is 1. The van der Waals surface area contributed by atoms with Crippen LogP contribution in [-0.4, -0.2) is 23.4 Å². The number of anilines is 1. The third-order valence-electron chi connectivity index (χ3n) is 6.30. The van der Waals surface area contributed by atoms with Crippen molar-refractivity contribution in [1.82, 2.24) is 4.57 Å². The fourth-order valence-corrected chi connectivity index (χ4v) is 4.54. The summed E-state index contributed by atoms with van der Waals surface area (Å²) >= 11 is 5.94. The molecule has 0 saturated heterocycles. The maximum atomic E-state index is 13.6. The van der Waals surface area contributed by atoms with E-state index in [0.717, 1.165) is 16.3 Å². The van der Waals surface area contributed by atoms with E-state index in [1.807, 2.05) is 37.3 Å². The molecule has 37 heavy (non-hydrogen) atoms. The number of benzene rings is 4. The normalized spacial score (nSPS) is 11.0. The Hall–Kier alpha value is -4.42. The number of carbonyl (C=O) groups excluding carboxylic acids is 2. The SMILES string of the molecule is COc1cc2c(cc1C)c(=O)c(C(=O)c1ccc3ccccc3c1)cn2CC(=O)Nc1ccc(Cl)cc1. The highest BCUT2D eigenvalue weighted by Crippen LogP contribution is 2.25. The number of fused-ring (bicyclic) bond motifs is 2. The number of carbonyl (C=O) groups is 2. The third-order valence-corrected chi connectivity index (χ3v) is 6.55. The summed E-state index contributed by atoms with van der Waals surface area (Å²) in [4.78, 5) is 40.1. The Morgan fingerprint density at radius 2 is 1.68 bits per heavy atom. The lowest BCUT2D eigenvalue weighted by atomic mass is 9.99. The number of ether oxygens (including phenoxy) is 1. The van der Waals surface area contributed by atoms with Crippen molar-refractivity contribution in [3.63, 3.8) is 0 Å². The van der Waals surface area contributed by atoms with Crippen LogP contribution in [0.3, 0.4) is 0 Å². The van der Waals surface area contributed by atoms with E-state index < -0.39 is 11.2 Å². The first kappa shape index (κ1) is 24.3. The molecule has 0 fully saturated rings. The van der Waals surface area contributed by atoms with Crippen LogP contribution in [0.5, 0.6) is 5.75 Å². The number of hydrogen-bond donors (Lipinski definition) is 1. The molecule has 1 N–H and O–H groups in total. The molecule has 5 aromatic rings. The number of rotatable bonds is 6. The number of amides is 1. The molecule has 1 amide bonds. The number of methoxy groups -OCH3 is 1. The molecular weight excluding hydrogens is 488 g/mol. The lowest BCUT2D eigenvalue weighted by Crippen LogP contribution is -2.24. The molecule has 6 nitrogen and oxygen atoms in total. The number of hydrogen-bond acceptors (Lipinski definition) is 4. The first-order chi connectivity index (χ1) is 17.8. The minimum Gasteiger partial charge on any atom is -0.496 e. The van der Waals surface area contributed by atoms with Gasteiger partial charge in [-0.3, -0.25) is 14.4 Å². The summed E-state index contributed by atoms with van der Waals surface area (Å²) in [6, 6.07) is 23.2. The van der Waals surface area contributed by atoms with Gasteiger partial charge in [-0.15, -0.1) is 0 Å². The minimum absolute atomic E-state index is 0.00774. The standard InChI is InChI=1S/C30H23ClN2O4/c1-18-13-24-26(15-27(18)37-2)33(17-28(34)32-23-11-9-22(31)10-12-23)16-25(30(24)36)29(35)21-8-7-19-5-3-4-6-20(19)14-21/h3-16H,17H2,1-2H3,(H,32,34). The molecule has 0 aliphatic rings. The van der Waals surface area contributed by atoms with Gasteiger partial charge < -0.3 is 14.6 Å². The largest absolute Gasteiger partial charge is 0.496 e. The van der Waals surface area contributed by atoms with Crippen LogP contribution in [0.15, 0.2) is 89.9 Å². The van der Waals surface area contributed by atoms with Gasteiger partial charge in [-0.05, 0) is 59.7 Å². The van der Waals surface area contributed by atoms with Gasteiger partial charge in [0.2, 0.25) is 11.3 Å². The summed E-state index contributed by atoms with van der Waals surface area (Å²) in [5, 5.41) is 5.62. The van der Waals surface area contributed by atoms with Gasteiger partial charge in [0, 0.05) is 33.9 Å². The van der Waals surface area contributed by atoms with E-state index in [2.05, 4.69) is 5.32 Å². The molecule has 1 heterocycles. The van der Waals surface area contributed by atoms with E-state index in [1.54, 1.807) is 60.2 Å². The summed E-state index contributed by atoms with van der Waals surface area (Å²) in [5.74, 6) is -0.152. The molecule has 0 bridgehead atoms. The minimum atomic E-state index is -0.405. The molecule has 184 valence electrons. The van der Waals surface area contributed by atoms with Gasteiger partial charge in [0.15, 0.2) is 5.78 Å². The Balaban J connectivity index is 1.60. The monoisotopic (exact) mass is 510 g/mol. The van der Waals surface area contributed by atoms with E-state index in [4.69, 9.17) is 16.3 Å². The van der Waals surface area contributed by atoms with E-state index in [1.165, 1.54) is 6.20 Å². The highest BCUT2D eigenvalue weighted by molar-refractivity contribution is 6.30. The summed E-state index contributed by atoms with van der Waals surface area (Å²) in [7, 11) is 1.54. The molecular formula is C30H23ClN2O4. The van der Waals surface area contributed by atoms with Gasteiger partial charge in [0.05, 0.1) is 18.2 Å². The number of aromatic nitrogens is 1. The molecule has 5 rings (SSSR count). The van der Waals surface area contributed by atoms with Crippen LogP contribution in [0.1, 0.15) is 21.5 Å². The molecule has 0 aliphatic carbocycles. The van der Waals surface area contributed by atoms with Gasteiger partial charge in [0.25, 0.3) is 0 Å². The van der Waals surface area contributed by atoms with Crippen LogP contribution >= 0.6 is 11.6 Å². The van der Waals surface area contributed by atoms with Crippen LogP contribution < -0.4 is 15.5 Å². The van der Waals surface area contributed by atoms with Crippen molar-refractivity contribution in [3.8, 4) is 5.75 Å². The number of nitrogens with one attached hydrogen (secondary N) is 1. The topological polar surface area (TPSA) is 77.4 Å². The number of ketones is 1. The molecule has 0 atom stereocenters. The zero-order chi connectivity index (χ0) is 26.1. The van der Waals surface area contributed by atoms with Crippen molar-refractivity contribution in [3.05, 3.63) is 117 Å². The maximum absolute atomic E-state index is 13.6. The van der Waals surface area contributed by atoms with Crippen LogP contribution in [0.4, 0.5) is 5.69 Å². The van der Waals surface area contributed by atoms with E-state index in [0.29, 0.717) is 32.9 Å². The van der Waals surface area contributed by atoms with E-state index in [-0.39, 0.29) is 18.0 Å². The Morgan fingerprint density at radius 3 is 2.41 bits per heavy atom. The summed E-state index contributed by atoms with van der Waals surface area (Å²) < 4.78 is 7.06. The van der Waals surface area contributed by atoms with E-state index >= 15 is 0 Å². The Bertz CT molecular complexity index is 1740. The molecule has 1 aromatic heterocycles. The molecule has 0 aliphatic heterocycles. The molecule has 0 saturated carbocycles. The summed E-state index contributed by atoms with van der Waals surface area (Å²) in [5.41, 5.74) is 1.83. The highest BCUT2D eigenvalue weighted by Gasteiger charge is 2.20. The maximum Gasteiger partial charge on any atom is 0.244 e. The molecule has 4 aromatic carbocycles. The second kappa shape index (κ2) is 9.91.